The van der Waals surface area contributed by atoms with E-state index in [1.165, 1.54) is 0 Å². The Morgan fingerprint density at radius 2 is 1.96 bits per heavy atom. The minimum Gasteiger partial charge on any atom is -0.341 e. The summed E-state index contributed by atoms with van der Waals surface area (Å²) in [5, 5.41) is 14.4. The Kier molecular flexibility index (Phi) is 5.69. The van der Waals surface area contributed by atoms with Crippen molar-refractivity contribution in [3.8, 4) is 6.19 Å². The van der Waals surface area contributed by atoms with Crippen LogP contribution in [0.25, 0.3) is 0 Å². The third-order valence-corrected chi connectivity index (χ3v) is 4.55. The molecule has 2 saturated heterocycles. The van der Waals surface area contributed by atoms with Crippen LogP contribution in [0.3, 0.4) is 0 Å². The van der Waals surface area contributed by atoms with Crippen LogP contribution in [0.5, 0.6) is 0 Å². The number of anilines is 1. The smallest absolute Gasteiger partial charge is 0.248 e. The summed E-state index contributed by atoms with van der Waals surface area (Å²) in [5.41, 5.74) is 0.764. The van der Waals surface area contributed by atoms with Crippen molar-refractivity contribution in [3.63, 3.8) is 0 Å². The number of aliphatic imine (C=N–C) groups is 1. The van der Waals surface area contributed by atoms with Gasteiger partial charge in [-0.25, -0.2) is 4.99 Å². The lowest BCUT2D eigenvalue weighted by Crippen LogP contribution is -2.41. The number of guanidine groups is 1. The van der Waals surface area contributed by atoms with Crippen LogP contribution in [-0.4, -0.2) is 59.8 Å². The minimum absolute atomic E-state index is 0.00161. The van der Waals surface area contributed by atoms with Gasteiger partial charge in [0.15, 0.2) is 6.19 Å². The van der Waals surface area contributed by atoms with Crippen molar-refractivity contribution in [2.45, 2.75) is 25.3 Å². The molecule has 0 radical (unpaired) electrons. The van der Waals surface area contributed by atoms with Crippen molar-refractivity contribution in [1.29, 1.82) is 5.26 Å². The number of benzene rings is 1. The molecule has 2 aliphatic rings. The van der Waals surface area contributed by atoms with Gasteiger partial charge >= 0.3 is 0 Å². The van der Waals surface area contributed by atoms with E-state index in [1.54, 1.807) is 4.90 Å². The van der Waals surface area contributed by atoms with Gasteiger partial charge in [0, 0.05) is 25.3 Å². The van der Waals surface area contributed by atoms with Crippen molar-refractivity contribution in [1.82, 2.24) is 15.1 Å². The molecule has 2 fully saturated rings. The number of carbonyl (C=O) groups excluding carboxylic acids is 2. The van der Waals surface area contributed by atoms with Crippen LogP contribution < -0.4 is 10.6 Å². The Balaban J connectivity index is 1.62. The molecule has 2 heterocycles. The highest BCUT2D eigenvalue weighted by Crippen LogP contribution is 2.16. The topological polar surface area (TPSA) is 101 Å². The van der Waals surface area contributed by atoms with E-state index >= 15 is 0 Å². The zero-order valence-corrected chi connectivity index (χ0v) is 14.5. The molecular formula is C18H22N6O2. The summed E-state index contributed by atoms with van der Waals surface area (Å²) in [6.45, 7) is 2.16. The second-order valence-electron chi connectivity index (χ2n) is 6.36. The van der Waals surface area contributed by atoms with Gasteiger partial charge in [0.2, 0.25) is 17.8 Å². The van der Waals surface area contributed by atoms with Crippen molar-refractivity contribution in [3.05, 3.63) is 30.3 Å². The monoisotopic (exact) mass is 354 g/mol. The highest BCUT2D eigenvalue weighted by atomic mass is 16.2. The third kappa shape index (κ3) is 4.30. The van der Waals surface area contributed by atoms with Crippen molar-refractivity contribution < 1.29 is 9.59 Å². The molecule has 3 rings (SSSR count). The van der Waals surface area contributed by atoms with Crippen molar-refractivity contribution in [2.24, 2.45) is 4.99 Å². The van der Waals surface area contributed by atoms with E-state index in [9.17, 15) is 9.59 Å². The Morgan fingerprint density at radius 1 is 1.23 bits per heavy atom. The van der Waals surface area contributed by atoms with E-state index in [0.29, 0.717) is 13.0 Å². The molecule has 2 aliphatic heterocycles. The number of nitriles is 1. The molecule has 2 N–H and O–H groups in total. The van der Waals surface area contributed by atoms with Crippen molar-refractivity contribution in [2.75, 3.05) is 31.5 Å². The van der Waals surface area contributed by atoms with E-state index in [-0.39, 0.29) is 24.3 Å². The number of likely N-dealkylation sites (tertiary alicyclic amines) is 2. The maximum absolute atomic E-state index is 12.6. The van der Waals surface area contributed by atoms with Gasteiger partial charge in [-0.05, 0) is 31.4 Å². The number of nitrogens with zero attached hydrogens (tertiary/aromatic N) is 4. The summed E-state index contributed by atoms with van der Waals surface area (Å²) in [4.78, 5) is 32.5. The summed E-state index contributed by atoms with van der Waals surface area (Å²) in [5.74, 6) is 0.0488. The third-order valence-electron chi connectivity index (χ3n) is 4.55. The number of amides is 2. The standard InChI is InChI=1S/C18H22N6O2/c19-13-20-18(21-14-6-2-1-3-7-14)22-15-8-11-24(17(15)26)12-16(25)23-9-4-5-10-23/h1-3,6-7,15H,4-5,8-12H2,(H2,20,21,22). The number of nitrogens with one attached hydrogen (secondary N) is 2. The molecule has 0 bridgehead atoms. The zero-order valence-electron chi connectivity index (χ0n) is 14.5. The largest absolute Gasteiger partial charge is 0.341 e. The van der Waals surface area contributed by atoms with Gasteiger partial charge in [-0.1, -0.05) is 18.2 Å². The van der Waals surface area contributed by atoms with Gasteiger partial charge in [-0.15, -0.1) is 0 Å². The Hall–Kier alpha value is -3.08. The molecule has 2 amide bonds. The fourth-order valence-corrected chi connectivity index (χ4v) is 3.19. The second kappa shape index (κ2) is 8.34. The first-order valence-electron chi connectivity index (χ1n) is 8.79. The molecule has 136 valence electrons. The SMILES string of the molecule is N#CNC(=NC1CCN(CC(=O)N2CCCC2)C1=O)Nc1ccccc1. The van der Waals surface area contributed by atoms with Gasteiger partial charge in [0.1, 0.15) is 6.04 Å². The van der Waals surface area contributed by atoms with Crippen LogP contribution in [0.4, 0.5) is 5.69 Å². The molecular weight excluding hydrogens is 332 g/mol. The van der Waals surface area contributed by atoms with Gasteiger partial charge in [0.25, 0.3) is 0 Å². The first-order chi connectivity index (χ1) is 12.7. The van der Waals surface area contributed by atoms with Gasteiger partial charge < -0.3 is 15.1 Å². The summed E-state index contributed by atoms with van der Waals surface area (Å²) >= 11 is 0. The Labute approximate surface area is 152 Å². The van der Waals surface area contributed by atoms with E-state index in [0.717, 1.165) is 31.6 Å². The van der Waals surface area contributed by atoms with Crippen LogP contribution >= 0.6 is 0 Å². The predicted octanol–water partition coefficient (Wildman–Crippen LogP) is 0.748. The molecule has 1 atom stereocenters. The lowest BCUT2D eigenvalue weighted by Gasteiger charge is -2.20. The van der Waals surface area contributed by atoms with E-state index in [4.69, 9.17) is 5.26 Å². The van der Waals surface area contributed by atoms with E-state index in [2.05, 4.69) is 15.6 Å². The summed E-state index contributed by atoms with van der Waals surface area (Å²) in [6, 6.07) is 8.69. The number of hydrogen-bond donors (Lipinski definition) is 2. The second-order valence-corrected chi connectivity index (χ2v) is 6.36. The quantitative estimate of drug-likeness (QED) is 0.360. The van der Waals surface area contributed by atoms with Gasteiger partial charge in [0.05, 0.1) is 6.54 Å². The van der Waals surface area contributed by atoms with Gasteiger partial charge in [-0.3, -0.25) is 14.9 Å². The summed E-state index contributed by atoms with van der Waals surface area (Å²) < 4.78 is 0. The molecule has 1 unspecified atom stereocenters. The fourth-order valence-electron chi connectivity index (χ4n) is 3.19. The molecule has 26 heavy (non-hydrogen) atoms. The molecule has 0 aromatic heterocycles. The summed E-state index contributed by atoms with van der Waals surface area (Å²) in [7, 11) is 0. The Morgan fingerprint density at radius 3 is 2.65 bits per heavy atom. The highest BCUT2D eigenvalue weighted by molar-refractivity contribution is 5.97. The maximum Gasteiger partial charge on any atom is 0.248 e. The van der Waals surface area contributed by atoms with Crippen LogP contribution in [0.1, 0.15) is 19.3 Å². The maximum atomic E-state index is 12.6. The van der Waals surface area contributed by atoms with E-state index < -0.39 is 6.04 Å². The van der Waals surface area contributed by atoms with Crippen LogP contribution in [-0.2, 0) is 9.59 Å². The molecule has 0 aliphatic carbocycles. The minimum atomic E-state index is -0.589. The highest BCUT2D eigenvalue weighted by Gasteiger charge is 2.34. The normalized spacial score (nSPS) is 20.2. The summed E-state index contributed by atoms with van der Waals surface area (Å²) in [6.07, 6.45) is 4.41. The van der Waals surface area contributed by atoms with Crippen LogP contribution in [0.15, 0.2) is 35.3 Å². The molecule has 8 nitrogen and oxygen atoms in total. The molecule has 0 saturated carbocycles. The Bertz CT molecular complexity index is 721. The fraction of sp³-hybridized carbons (Fsp3) is 0.444. The zero-order chi connectivity index (χ0) is 18.4. The average molecular weight is 354 g/mol. The number of para-hydroxylation sites is 1. The first kappa shape index (κ1) is 17.7. The van der Waals surface area contributed by atoms with Crippen LogP contribution in [0.2, 0.25) is 0 Å². The molecule has 1 aromatic carbocycles. The number of carbonyl (C=O) groups is 2. The predicted molar refractivity (Wildman–Crippen MR) is 97.0 cm³/mol. The van der Waals surface area contributed by atoms with Crippen LogP contribution in [0, 0.1) is 11.5 Å². The number of rotatable bonds is 4. The molecule has 0 spiro atoms. The molecule has 8 heteroatoms. The number of hydrogen-bond acceptors (Lipinski definition) is 4. The lowest BCUT2D eigenvalue weighted by molar-refractivity contribution is -0.138. The first-order valence-corrected chi connectivity index (χ1v) is 8.79. The van der Waals surface area contributed by atoms with Crippen molar-refractivity contribution >= 4 is 23.5 Å². The van der Waals surface area contributed by atoms with Gasteiger partial charge in [-0.2, -0.15) is 5.26 Å². The average Bonchev–Trinajstić information content (AvgIpc) is 3.29. The molecule has 1 aromatic rings. The lowest BCUT2D eigenvalue weighted by atomic mass is 10.3. The van der Waals surface area contributed by atoms with E-state index in [1.807, 2.05) is 41.4 Å².